The Morgan fingerprint density at radius 1 is 1.19 bits per heavy atom. The van der Waals surface area contributed by atoms with E-state index in [1.807, 2.05) is 0 Å². The highest BCUT2D eigenvalue weighted by Crippen LogP contribution is 2.26. The second-order valence-corrected chi connectivity index (χ2v) is 5.29. The van der Waals surface area contributed by atoms with Crippen molar-refractivity contribution in [2.24, 2.45) is 0 Å². The molecule has 0 aliphatic heterocycles. The van der Waals surface area contributed by atoms with Gasteiger partial charge in [-0.2, -0.15) is 0 Å². The van der Waals surface area contributed by atoms with Crippen molar-refractivity contribution in [3.05, 3.63) is 0 Å². The molecule has 3 N–H and O–H groups in total. The van der Waals surface area contributed by atoms with Gasteiger partial charge in [0.2, 0.25) is 0 Å². The van der Waals surface area contributed by atoms with Crippen LogP contribution < -0.4 is 5.32 Å². The van der Waals surface area contributed by atoms with Crippen molar-refractivity contribution in [3.8, 4) is 0 Å². The van der Waals surface area contributed by atoms with Crippen LogP contribution in [0.4, 0.5) is 0 Å². The number of aliphatic hydroxyl groups is 2. The van der Waals surface area contributed by atoms with E-state index >= 15 is 0 Å². The molecule has 0 heterocycles. The first-order valence-electron chi connectivity index (χ1n) is 6.73. The van der Waals surface area contributed by atoms with Gasteiger partial charge in [0, 0.05) is 19.2 Å². The van der Waals surface area contributed by atoms with E-state index in [0.29, 0.717) is 12.6 Å². The third-order valence-electron chi connectivity index (χ3n) is 3.61. The largest absolute Gasteiger partial charge is 0.396 e. The molecule has 0 aromatic heterocycles. The summed E-state index contributed by atoms with van der Waals surface area (Å²) in [6, 6.07) is 0.388. The molecule has 1 fully saturated rings. The van der Waals surface area contributed by atoms with E-state index in [0.717, 1.165) is 38.5 Å². The lowest BCUT2D eigenvalue weighted by atomic mass is 9.94. The molecule has 1 rings (SSSR count). The van der Waals surface area contributed by atoms with E-state index in [-0.39, 0.29) is 6.61 Å². The Labute approximate surface area is 99.3 Å². The molecule has 1 atom stereocenters. The average molecular weight is 229 g/mol. The zero-order valence-electron chi connectivity index (χ0n) is 10.5. The molecule has 1 unspecified atom stereocenters. The minimum atomic E-state index is -0.482. The number of aliphatic hydroxyl groups excluding tert-OH is 1. The molecule has 16 heavy (non-hydrogen) atoms. The molecule has 1 aliphatic rings. The Morgan fingerprint density at radius 3 is 2.38 bits per heavy atom. The smallest absolute Gasteiger partial charge is 0.0771 e. The van der Waals surface area contributed by atoms with Crippen molar-refractivity contribution in [2.75, 3.05) is 13.2 Å². The molecule has 0 saturated heterocycles. The summed E-state index contributed by atoms with van der Waals surface area (Å²) in [4.78, 5) is 0. The summed E-state index contributed by atoms with van der Waals surface area (Å²) in [6.07, 6.45) is 8.54. The van der Waals surface area contributed by atoms with Gasteiger partial charge in [-0.05, 0) is 32.6 Å². The first-order valence-corrected chi connectivity index (χ1v) is 6.73. The topological polar surface area (TPSA) is 52.5 Å². The highest BCUT2D eigenvalue weighted by Gasteiger charge is 2.27. The van der Waals surface area contributed by atoms with Crippen molar-refractivity contribution < 1.29 is 10.2 Å². The Balaban J connectivity index is 2.23. The minimum Gasteiger partial charge on any atom is -0.396 e. The van der Waals surface area contributed by atoms with Crippen molar-refractivity contribution in [1.29, 1.82) is 0 Å². The summed E-state index contributed by atoms with van der Waals surface area (Å²) in [5.41, 5.74) is -0.482. The molecule has 1 aliphatic carbocycles. The average Bonchev–Trinajstić information content (AvgIpc) is 2.49. The highest BCUT2D eigenvalue weighted by molar-refractivity contribution is 4.84. The Hall–Kier alpha value is -0.120. The van der Waals surface area contributed by atoms with Gasteiger partial charge in [0.05, 0.1) is 5.60 Å². The molecule has 0 aromatic rings. The van der Waals surface area contributed by atoms with E-state index in [1.165, 1.54) is 12.8 Å². The summed E-state index contributed by atoms with van der Waals surface area (Å²) in [5.74, 6) is 0. The minimum absolute atomic E-state index is 0.260. The fourth-order valence-corrected chi connectivity index (χ4v) is 2.43. The van der Waals surface area contributed by atoms with Gasteiger partial charge in [-0.1, -0.05) is 25.7 Å². The van der Waals surface area contributed by atoms with E-state index in [9.17, 15) is 5.11 Å². The molecule has 1 saturated carbocycles. The first-order chi connectivity index (χ1) is 7.66. The summed E-state index contributed by atoms with van der Waals surface area (Å²) in [7, 11) is 0. The molecule has 3 heteroatoms. The zero-order valence-corrected chi connectivity index (χ0v) is 10.5. The van der Waals surface area contributed by atoms with E-state index in [2.05, 4.69) is 12.2 Å². The molecule has 3 nitrogen and oxygen atoms in total. The van der Waals surface area contributed by atoms with Crippen LogP contribution in [0.1, 0.15) is 58.3 Å². The van der Waals surface area contributed by atoms with Crippen molar-refractivity contribution >= 4 is 0 Å². The second kappa shape index (κ2) is 7.25. The number of hydrogen-bond acceptors (Lipinski definition) is 3. The van der Waals surface area contributed by atoms with Crippen molar-refractivity contribution in [2.45, 2.75) is 69.9 Å². The van der Waals surface area contributed by atoms with Gasteiger partial charge in [0.25, 0.3) is 0 Å². The fraction of sp³-hybridized carbons (Fsp3) is 1.00. The maximum atomic E-state index is 10.4. The summed E-state index contributed by atoms with van der Waals surface area (Å²) < 4.78 is 0. The lowest BCUT2D eigenvalue weighted by Gasteiger charge is -2.28. The molecule has 0 aromatic carbocycles. The van der Waals surface area contributed by atoms with Crippen LogP contribution in [-0.4, -0.2) is 35.0 Å². The predicted octanol–water partition coefficient (Wildman–Crippen LogP) is 1.82. The molecular formula is C13H27NO2. The van der Waals surface area contributed by atoms with Crippen LogP contribution in [0.25, 0.3) is 0 Å². The fourth-order valence-electron chi connectivity index (χ4n) is 2.43. The van der Waals surface area contributed by atoms with E-state index in [4.69, 9.17) is 5.11 Å². The summed E-state index contributed by atoms with van der Waals surface area (Å²) in [6.45, 7) is 3.09. The zero-order chi connectivity index (χ0) is 11.9. The number of rotatable bonds is 6. The van der Waals surface area contributed by atoms with E-state index in [1.54, 1.807) is 0 Å². The predicted molar refractivity (Wildman–Crippen MR) is 66.4 cm³/mol. The van der Waals surface area contributed by atoms with Gasteiger partial charge in [-0.3, -0.25) is 0 Å². The number of hydrogen-bond donors (Lipinski definition) is 3. The third-order valence-corrected chi connectivity index (χ3v) is 3.61. The monoisotopic (exact) mass is 229 g/mol. The van der Waals surface area contributed by atoms with Crippen LogP contribution in [0.3, 0.4) is 0 Å². The van der Waals surface area contributed by atoms with Crippen LogP contribution >= 0.6 is 0 Å². The Morgan fingerprint density at radius 2 is 1.81 bits per heavy atom. The lowest BCUT2D eigenvalue weighted by Crippen LogP contribution is -2.43. The van der Waals surface area contributed by atoms with Gasteiger partial charge >= 0.3 is 0 Å². The lowest BCUT2D eigenvalue weighted by molar-refractivity contribution is 0.0228. The third kappa shape index (κ3) is 5.28. The summed E-state index contributed by atoms with van der Waals surface area (Å²) in [5, 5.41) is 22.6. The van der Waals surface area contributed by atoms with Gasteiger partial charge in [0.1, 0.15) is 0 Å². The maximum Gasteiger partial charge on any atom is 0.0771 e. The molecule has 0 bridgehead atoms. The van der Waals surface area contributed by atoms with Gasteiger partial charge in [-0.15, -0.1) is 0 Å². The van der Waals surface area contributed by atoms with Gasteiger partial charge in [-0.25, -0.2) is 0 Å². The van der Waals surface area contributed by atoms with Crippen LogP contribution in [0, 0.1) is 0 Å². The van der Waals surface area contributed by atoms with Gasteiger partial charge in [0.15, 0.2) is 0 Å². The molecule has 96 valence electrons. The van der Waals surface area contributed by atoms with Crippen LogP contribution in [-0.2, 0) is 0 Å². The Kier molecular flexibility index (Phi) is 6.32. The normalized spacial score (nSPS) is 22.7. The van der Waals surface area contributed by atoms with Crippen LogP contribution in [0.15, 0.2) is 0 Å². The maximum absolute atomic E-state index is 10.4. The highest BCUT2D eigenvalue weighted by atomic mass is 16.3. The van der Waals surface area contributed by atoms with Crippen LogP contribution in [0.5, 0.6) is 0 Å². The summed E-state index contributed by atoms with van der Waals surface area (Å²) >= 11 is 0. The van der Waals surface area contributed by atoms with Crippen molar-refractivity contribution in [1.82, 2.24) is 5.32 Å². The second-order valence-electron chi connectivity index (χ2n) is 5.29. The van der Waals surface area contributed by atoms with Crippen LogP contribution in [0.2, 0.25) is 0 Å². The van der Waals surface area contributed by atoms with Gasteiger partial charge < -0.3 is 15.5 Å². The standard InChI is InChI=1S/C13H27NO2/c1-12(7-6-10-15)14-11-13(16)8-4-2-3-5-9-13/h12,14-16H,2-11H2,1H3. The first kappa shape index (κ1) is 13.9. The molecule has 0 amide bonds. The molecule has 0 radical (unpaired) electrons. The number of nitrogens with one attached hydrogen (secondary N) is 1. The quantitative estimate of drug-likeness (QED) is 0.609. The van der Waals surface area contributed by atoms with Crippen molar-refractivity contribution in [3.63, 3.8) is 0 Å². The van der Waals surface area contributed by atoms with E-state index < -0.39 is 5.60 Å². The molecule has 0 spiro atoms. The SMILES string of the molecule is CC(CCCO)NCC1(O)CCCCCC1. The molecular weight excluding hydrogens is 202 g/mol. The Bertz CT molecular complexity index is 177.